The number of benzene rings is 1. The fourth-order valence-corrected chi connectivity index (χ4v) is 2.11. The number of rotatable bonds is 2. The highest BCUT2D eigenvalue weighted by Crippen LogP contribution is 2.28. The molecule has 0 saturated heterocycles. The lowest BCUT2D eigenvalue weighted by molar-refractivity contribution is 0.0600. The van der Waals surface area contributed by atoms with Crippen molar-refractivity contribution in [1.82, 2.24) is 9.38 Å². The summed E-state index contributed by atoms with van der Waals surface area (Å²) in [5, 5.41) is 9.90. The van der Waals surface area contributed by atoms with Crippen LogP contribution in [0.3, 0.4) is 0 Å². The number of hydrogen-bond donors (Lipinski definition) is 1. The predicted molar refractivity (Wildman–Crippen MR) is 73.6 cm³/mol. The van der Waals surface area contributed by atoms with Crippen molar-refractivity contribution in [1.29, 1.82) is 0 Å². The summed E-state index contributed by atoms with van der Waals surface area (Å²) in [4.78, 5) is 15.8. The van der Waals surface area contributed by atoms with E-state index < -0.39 is 5.97 Å². The van der Waals surface area contributed by atoms with E-state index in [0.717, 1.165) is 5.52 Å². The second kappa shape index (κ2) is 4.70. The Morgan fingerprint density at radius 2 is 2.10 bits per heavy atom. The van der Waals surface area contributed by atoms with Gasteiger partial charge in [0.15, 0.2) is 0 Å². The second-order valence-electron chi connectivity index (χ2n) is 4.30. The first-order valence-corrected chi connectivity index (χ1v) is 6.04. The lowest BCUT2D eigenvalue weighted by Crippen LogP contribution is -2.01. The van der Waals surface area contributed by atoms with E-state index in [1.165, 1.54) is 7.11 Å². The van der Waals surface area contributed by atoms with Gasteiger partial charge in [-0.2, -0.15) is 0 Å². The number of carbonyl (C=O) groups excluding carboxylic acids is 1. The molecule has 5 heteroatoms. The standard InChI is InChI=1S/C15H12N2O3/c1-20-15(19)10-6-7-17-11(8-10)9-16-14(17)12-4-2-3-5-13(12)18/h2-9,18H,1H3. The van der Waals surface area contributed by atoms with Gasteiger partial charge < -0.3 is 9.84 Å². The summed E-state index contributed by atoms with van der Waals surface area (Å²) in [5.41, 5.74) is 1.85. The van der Waals surface area contributed by atoms with E-state index in [9.17, 15) is 9.90 Å². The molecule has 0 bridgehead atoms. The number of imidazole rings is 1. The van der Waals surface area contributed by atoms with E-state index in [1.807, 2.05) is 10.5 Å². The number of carbonyl (C=O) groups is 1. The van der Waals surface area contributed by atoms with Crippen LogP contribution in [0.2, 0.25) is 0 Å². The van der Waals surface area contributed by atoms with E-state index >= 15 is 0 Å². The number of ether oxygens (including phenoxy) is 1. The topological polar surface area (TPSA) is 63.8 Å². The summed E-state index contributed by atoms with van der Waals surface area (Å²) in [6, 6.07) is 10.3. The van der Waals surface area contributed by atoms with Gasteiger partial charge in [0.1, 0.15) is 11.6 Å². The average Bonchev–Trinajstić information content (AvgIpc) is 2.90. The molecule has 0 aliphatic rings. The first-order chi connectivity index (χ1) is 9.70. The fourth-order valence-electron chi connectivity index (χ4n) is 2.11. The summed E-state index contributed by atoms with van der Waals surface area (Å²) in [7, 11) is 1.34. The number of fused-ring (bicyclic) bond motifs is 1. The summed E-state index contributed by atoms with van der Waals surface area (Å²) in [5.74, 6) is 0.393. The van der Waals surface area contributed by atoms with Crippen molar-refractivity contribution in [2.24, 2.45) is 0 Å². The molecule has 0 aliphatic heterocycles. The van der Waals surface area contributed by atoms with Crippen LogP contribution in [0.5, 0.6) is 5.75 Å². The molecule has 0 saturated carbocycles. The Hall–Kier alpha value is -2.82. The van der Waals surface area contributed by atoms with Gasteiger partial charge in [-0.15, -0.1) is 0 Å². The van der Waals surface area contributed by atoms with Gasteiger partial charge in [0.05, 0.1) is 30.0 Å². The third-order valence-corrected chi connectivity index (χ3v) is 3.10. The predicted octanol–water partition coefficient (Wildman–Crippen LogP) is 2.49. The number of aromatic hydroxyl groups is 1. The molecule has 1 N–H and O–H groups in total. The van der Waals surface area contributed by atoms with Gasteiger partial charge in [-0.1, -0.05) is 12.1 Å². The number of phenolic OH excluding ortho intramolecular Hbond substituents is 1. The maximum atomic E-state index is 11.5. The largest absolute Gasteiger partial charge is 0.507 e. The summed E-state index contributed by atoms with van der Waals surface area (Å²) in [6.07, 6.45) is 3.38. The molecule has 3 rings (SSSR count). The Balaban J connectivity index is 2.16. The first-order valence-electron chi connectivity index (χ1n) is 6.04. The molecule has 0 atom stereocenters. The van der Waals surface area contributed by atoms with Crippen molar-refractivity contribution in [3.05, 3.63) is 54.4 Å². The molecule has 0 amide bonds. The monoisotopic (exact) mass is 268 g/mol. The Labute approximate surface area is 115 Å². The lowest BCUT2D eigenvalue weighted by atomic mass is 10.2. The van der Waals surface area contributed by atoms with Gasteiger partial charge >= 0.3 is 5.97 Å². The van der Waals surface area contributed by atoms with E-state index in [2.05, 4.69) is 9.72 Å². The highest BCUT2D eigenvalue weighted by atomic mass is 16.5. The molecule has 3 aromatic rings. The molecule has 0 fully saturated rings. The van der Waals surface area contributed by atoms with Crippen LogP contribution in [0.25, 0.3) is 16.9 Å². The Kier molecular flexibility index (Phi) is 2.87. The van der Waals surface area contributed by atoms with Gasteiger partial charge in [-0.3, -0.25) is 4.40 Å². The van der Waals surface area contributed by atoms with E-state index in [1.54, 1.807) is 42.7 Å². The van der Waals surface area contributed by atoms with Crippen molar-refractivity contribution in [2.45, 2.75) is 0 Å². The highest BCUT2D eigenvalue weighted by Gasteiger charge is 2.12. The van der Waals surface area contributed by atoms with Crippen molar-refractivity contribution < 1.29 is 14.6 Å². The zero-order chi connectivity index (χ0) is 14.1. The number of hydrogen-bond acceptors (Lipinski definition) is 4. The maximum absolute atomic E-state index is 11.5. The van der Waals surface area contributed by atoms with Crippen molar-refractivity contribution >= 4 is 11.5 Å². The quantitative estimate of drug-likeness (QED) is 0.725. The molecule has 0 radical (unpaired) electrons. The van der Waals surface area contributed by atoms with Crippen LogP contribution in [0.15, 0.2) is 48.8 Å². The molecule has 2 aromatic heterocycles. The van der Waals surface area contributed by atoms with Crippen LogP contribution in [0, 0.1) is 0 Å². The number of phenols is 1. The van der Waals surface area contributed by atoms with Crippen LogP contribution in [0.4, 0.5) is 0 Å². The summed E-state index contributed by atoms with van der Waals surface area (Å²) >= 11 is 0. The van der Waals surface area contributed by atoms with E-state index in [-0.39, 0.29) is 5.75 Å². The van der Waals surface area contributed by atoms with Crippen molar-refractivity contribution in [3.63, 3.8) is 0 Å². The minimum absolute atomic E-state index is 0.164. The fraction of sp³-hybridized carbons (Fsp3) is 0.0667. The molecule has 20 heavy (non-hydrogen) atoms. The minimum Gasteiger partial charge on any atom is -0.507 e. The Bertz CT molecular complexity index is 793. The molecule has 0 aliphatic carbocycles. The Morgan fingerprint density at radius 1 is 1.30 bits per heavy atom. The normalized spacial score (nSPS) is 10.7. The summed E-state index contributed by atoms with van der Waals surface area (Å²) in [6.45, 7) is 0. The van der Waals surface area contributed by atoms with Gasteiger partial charge in [-0.25, -0.2) is 9.78 Å². The van der Waals surface area contributed by atoms with Crippen LogP contribution in [-0.2, 0) is 4.74 Å². The smallest absolute Gasteiger partial charge is 0.337 e. The van der Waals surface area contributed by atoms with Gasteiger partial charge in [-0.05, 0) is 24.3 Å². The van der Waals surface area contributed by atoms with E-state index in [0.29, 0.717) is 17.0 Å². The first kappa shape index (κ1) is 12.2. The third-order valence-electron chi connectivity index (χ3n) is 3.10. The zero-order valence-corrected chi connectivity index (χ0v) is 10.8. The van der Waals surface area contributed by atoms with Gasteiger partial charge in [0.2, 0.25) is 0 Å². The van der Waals surface area contributed by atoms with E-state index in [4.69, 9.17) is 0 Å². The van der Waals surface area contributed by atoms with Gasteiger partial charge in [0, 0.05) is 6.20 Å². The zero-order valence-electron chi connectivity index (χ0n) is 10.8. The average molecular weight is 268 g/mol. The third kappa shape index (κ3) is 1.89. The molecule has 1 aromatic carbocycles. The van der Waals surface area contributed by atoms with Gasteiger partial charge in [0.25, 0.3) is 0 Å². The van der Waals surface area contributed by atoms with Crippen LogP contribution in [0.1, 0.15) is 10.4 Å². The molecule has 0 unspecified atom stereocenters. The summed E-state index contributed by atoms with van der Waals surface area (Å²) < 4.78 is 6.49. The number of methoxy groups -OCH3 is 1. The number of para-hydroxylation sites is 1. The number of nitrogens with zero attached hydrogens (tertiary/aromatic N) is 2. The SMILES string of the molecule is COC(=O)c1ccn2c(-c3ccccc3O)ncc2c1. The molecule has 100 valence electrons. The maximum Gasteiger partial charge on any atom is 0.337 e. The number of pyridine rings is 1. The molecule has 5 nitrogen and oxygen atoms in total. The number of aromatic nitrogens is 2. The second-order valence-corrected chi connectivity index (χ2v) is 4.30. The van der Waals surface area contributed by atoms with Crippen LogP contribution < -0.4 is 0 Å². The highest BCUT2D eigenvalue weighted by molar-refractivity contribution is 5.90. The van der Waals surface area contributed by atoms with Crippen molar-refractivity contribution in [3.8, 4) is 17.1 Å². The van der Waals surface area contributed by atoms with Crippen molar-refractivity contribution in [2.75, 3.05) is 7.11 Å². The molecular weight excluding hydrogens is 256 g/mol. The minimum atomic E-state index is -0.391. The molecule has 0 spiro atoms. The van der Waals surface area contributed by atoms with Crippen LogP contribution in [-0.4, -0.2) is 27.6 Å². The number of esters is 1. The van der Waals surface area contributed by atoms with Crippen LogP contribution >= 0.6 is 0 Å². The molecule has 2 heterocycles. The Morgan fingerprint density at radius 3 is 2.85 bits per heavy atom. The molecular formula is C15H12N2O3. The lowest BCUT2D eigenvalue weighted by Gasteiger charge is -2.05.